The van der Waals surface area contributed by atoms with E-state index >= 15 is 0 Å². The molecule has 2 aromatic carbocycles. The summed E-state index contributed by atoms with van der Waals surface area (Å²) in [6.07, 6.45) is 1.81. The van der Waals surface area contributed by atoms with Gasteiger partial charge in [0.15, 0.2) is 0 Å². The molecule has 1 atom stereocenters. The van der Waals surface area contributed by atoms with Crippen molar-refractivity contribution in [2.24, 2.45) is 0 Å². The zero-order valence-electron chi connectivity index (χ0n) is 14.6. The summed E-state index contributed by atoms with van der Waals surface area (Å²) in [7, 11) is -3.54. The second-order valence-corrected chi connectivity index (χ2v) is 8.47. The lowest BCUT2D eigenvalue weighted by Crippen LogP contribution is -2.31. The van der Waals surface area contributed by atoms with Crippen LogP contribution in [0, 0.1) is 11.3 Å². The fraction of sp³-hybridized carbons (Fsp3) is 0.316. The first-order chi connectivity index (χ1) is 13.0. The Morgan fingerprint density at radius 3 is 2.63 bits per heavy atom. The van der Waals surface area contributed by atoms with Crippen molar-refractivity contribution in [2.45, 2.75) is 30.4 Å². The monoisotopic (exact) mass is 405 g/mol. The number of anilines is 1. The summed E-state index contributed by atoms with van der Waals surface area (Å²) >= 11 is 6.01. The Hall–Kier alpha value is -2.11. The molecule has 27 heavy (non-hydrogen) atoms. The fourth-order valence-electron chi connectivity index (χ4n) is 2.80. The van der Waals surface area contributed by atoms with Gasteiger partial charge in [-0.25, -0.2) is 13.1 Å². The Bertz CT molecular complexity index is 934. The topological polar surface area (TPSA) is 91.2 Å². The van der Waals surface area contributed by atoms with Crippen LogP contribution in [-0.4, -0.2) is 27.7 Å². The molecule has 0 spiro atoms. The van der Waals surface area contributed by atoms with Crippen molar-refractivity contribution in [3.8, 4) is 6.07 Å². The highest BCUT2D eigenvalue weighted by atomic mass is 35.5. The largest absolute Gasteiger partial charge is 0.381 e. The Labute approximate surface area is 164 Å². The number of sulfonamides is 1. The number of nitriles is 1. The number of ether oxygens (including phenoxy) is 1. The van der Waals surface area contributed by atoms with Gasteiger partial charge < -0.3 is 10.1 Å². The Balaban J connectivity index is 1.58. The molecule has 0 amide bonds. The molecule has 2 N–H and O–H groups in total. The van der Waals surface area contributed by atoms with Crippen LogP contribution >= 0.6 is 11.6 Å². The van der Waals surface area contributed by atoms with E-state index in [1.165, 1.54) is 0 Å². The maximum absolute atomic E-state index is 12.4. The van der Waals surface area contributed by atoms with Crippen molar-refractivity contribution in [1.82, 2.24) is 4.72 Å². The molecule has 2 aromatic rings. The normalized spacial score (nSPS) is 16.8. The summed E-state index contributed by atoms with van der Waals surface area (Å²) in [6.45, 7) is 1.50. The number of rotatable bonds is 7. The zero-order chi connectivity index (χ0) is 19.3. The van der Waals surface area contributed by atoms with Gasteiger partial charge in [0.05, 0.1) is 21.6 Å². The van der Waals surface area contributed by atoms with Crippen LogP contribution in [0.1, 0.15) is 24.0 Å². The van der Waals surface area contributed by atoms with Crippen LogP contribution in [-0.2, 0) is 21.3 Å². The van der Waals surface area contributed by atoms with E-state index in [2.05, 4.69) is 10.0 Å². The lowest BCUT2D eigenvalue weighted by atomic mass is 10.2. The molecule has 142 valence electrons. The highest BCUT2D eigenvalue weighted by Gasteiger charge is 2.20. The van der Waals surface area contributed by atoms with Crippen molar-refractivity contribution in [3.63, 3.8) is 0 Å². The average Bonchev–Trinajstić information content (AvgIpc) is 3.19. The lowest BCUT2D eigenvalue weighted by Gasteiger charge is -2.12. The third kappa shape index (κ3) is 5.21. The summed E-state index contributed by atoms with van der Waals surface area (Å²) in [5.74, 6) is 0. The van der Waals surface area contributed by atoms with Crippen molar-refractivity contribution < 1.29 is 13.2 Å². The predicted octanol–water partition coefficient (Wildman–Crippen LogP) is 3.28. The smallest absolute Gasteiger partial charge is 0.240 e. The number of nitrogens with one attached hydrogen (secondary N) is 2. The van der Waals surface area contributed by atoms with E-state index in [0.717, 1.165) is 24.1 Å². The molecule has 0 bridgehead atoms. The standard InChI is InChI=1S/C19H20ClN3O3S/c20-19-10-16(6-5-15(19)11-21)22-12-14-3-7-18(8-4-14)27(24,25)23-13-17-2-1-9-26-17/h3-8,10,17,22-23H,1-2,9,12-13H2. The van der Waals surface area contributed by atoms with Gasteiger partial charge in [0, 0.05) is 25.4 Å². The maximum Gasteiger partial charge on any atom is 0.240 e. The predicted molar refractivity (Wildman–Crippen MR) is 104 cm³/mol. The van der Waals surface area contributed by atoms with Crippen molar-refractivity contribution in [2.75, 3.05) is 18.5 Å². The highest BCUT2D eigenvalue weighted by molar-refractivity contribution is 7.89. The van der Waals surface area contributed by atoms with Gasteiger partial charge >= 0.3 is 0 Å². The minimum absolute atomic E-state index is 0.0394. The Kier molecular flexibility index (Phi) is 6.34. The minimum Gasteiger partial charge on any atom is -0.381 e. The van der Waals surface area contributed by atoms with Crippen LogP contribution in [0.25, 0.3) is 0 Å². The SMILES string of the molecule is N#Cc1ccc(NCc2ccc(S(=O)(=O)NCC3CCCO3)cc2)cc1Cl. The molecule has 3 rings (SSSR count). The molecule has 1 aliphatic heterocycles. The molecule has 0 saturated carbocycles. The van der Waals surface area contributed by atoms with Gasteiger partial charge in [0.25, 0.3) is 0 Å². The van der Waals surface area contributed by atoms with Gasteiger partial charge in [0.1, 0.15) is 6.07 Å². The molecule has 1 saturated heterocycles. The van der Waals surface area contributed by atoms with Gasteiger partial charge in [-0.2, -0.15) is 5.26 Å². The quantitative estimate of drug-likeness (QED) is 0.737. The number of hydrogen-bond donors (Lipinski definition) is 2. The first-order valence-electron chi connectivity index (χ1n) is 8.62. The average molecular weight is 406 g/mol. The third-order valence-corrected chi connectivity index (χ3v) is 6.10. The molecule has 1 fully saturated rings. The molecule has 0 radical (unpaired) electrons. The molecule has 1 heterocycles. The first kappa shape index (κ1) is 19.6. The minimum atomic E-state index is -3.54. The molecule has 8 heteroatoms. The molecule has 1 aliphatic rings. The van der Waals surface area contributed by atoms with Crippen LogP contribution in [0.2, 0.25) is 5.02 Å². The van der Waals surface area contributed by atoms with E-state index in [-0.39, 0.29) is 11.0 Å². The van der Waals surface area contributed by atoms with Crippen molar-refractivity contribution in [3.05, 3.63) is 58.6 Å². The second kappa shape index (κ2) is 8.72. The molecular weight excluding hydrogens is 386 g/mol. The molecule has 6 nitrogen and oxygen atoms in total. The van der Waals surface area contributed by atoms with Gasteiger partial charge in [-0.05, 0) is 48.7 Å². The Morgan fingerprint density at radius 2 is 2.00 bits per heavy atom. The highest BCUT2D eigenvalue weighted by Crippen LogP contribution is 2.21. The van der Waals surface area contributed by atoms with Gasteiger partial charge in [0.2, 0.25) is 10.0 Å². The lowest BCUT2D eigenvalue weighted by molar-refractivity contribution is 0.114. The number of nitrogens with zero attached hydrogens (tertiary/aromatic N) is 1. The van der Waals surface area contributed by atoms with E-state index in [0.29, 0.717) is 30.3 Å². The second-order valence-electron chi connectivity index (χ2n) is 6.29. The zero-order valence-corrected chi connectivity index (χ0v) is 16.2. The van der Waals surface area contributed by atoms with Gasteiger partial charge in [-0.3, -0.25) is 0 Å². The molecule has 1 unspecified atom stereocenters. The van der Waals surface area contributed by atoms with E-state index < -0.39 is 10.0 Å². The number of hydrogen-bond acceptors (Lipinski definition) is 5. The van der Waals surface area contributed by atoms with Crippen molar-refractivity contribution in [1.29, 1.82) is 5.26 Å². The first-order valence-corrected chi connectivity index (χ1v) is 10.5. The third-order valence-electron chi connectivity index (χ3n) is 4.34. The summed E-state index contributed by atoms with van der Waals surface area (Å²) in [6, 6.07) is 13.8. The van der Waals surface area contributed by atoms with E-state index in [1.54, 1.807) is 42.5 Å². The van der Waals surface area contributed by atoms with Crippen LogP contribution in [0.4, 0.5) is 5.69 Å². The molecular formula is C19H20ClN3O3S. The van der Waals surface area contributed by atoms with Crippen LogP contribution in [0.3, 0.4) is 0 Å². The summed E-state index contributed by atoms with van der Waals surface area (Å²) in [5, 5.41) is 12.5. The number of benzene rings is 2. The van der Waals surface area contributed by atoms with E-state index in [9.17, 15) is 8.42 Å². The molecule has 0 aromatic heterocycles. The summed E-state index contributed by atoms with van der Waals surface area (Å²) < 4.78 is 32.7. The van der Waals surface area contributed by atoms with Crippen LogP contribution in [0.15, 0.2) is 47.4 Å². The summed E-state index contributed by atoms with van der Waals surface area (Å²) in [4.78, 5) is 0.227. The van der Waals surface area contributed by atoms with Gasteiger partial charge in [-0.1, -0.05) is 23.7 Å². The number of halogens is 1. The molecule has 0 aliphatic carbocycles. The summed E-state index contributed by atoms with van der Waals surface area (Å²) in [5.41, 5.74) is 2.13. The van der Waals surface area contributed by atoms with Crippen LogP contribution < -0.4 is 10.0 Å². The van der Waals surface area contributed by atoms with Crippen molar-refractivity contribution >= 4 is 27.3 Å². The maximum atomic E-state index is 12.4. The van der Waals surface area contributed by atoms with E-state index in [4.69, 9.17) is 21.6 Å². The van der Waals surface area contributed by atoms with Gasteiger partial charge in [-0.15, -0.1) is 0 Å². The fourth-order valence-corrected chi connectivity index (χ4v) is 4.09. The Morgan fingerprint density at radius 1 is 1.22 bits per heavy atom. The van der Waals surface area contributed by atoms with Crippen LogP contribution in [0.5, 0.6) is 0 Å². The van der Waals surface area contributed by atoms with E-state index in [1.807, 2.05) is 6.07 Å².